The molecule has 0 radical (unpaired) electrons. The molecule has 4 aliphatic rings. The number of anilines is 1. The Kier molecular flexibility index (Phi) is 5.41. The zero-order valence-electron chi connectivity index (χ0n) is 16.4. The Bertz CT molecular complexity index is 756. The molecule has 0 spiro atoms. The zero-order valence-corrected chi connectivity index (χ0v) is 17.2. The van der Waals surface area contributed by atoms with E-state index in [2.05, 4.69) is 16.0 Å². The number of benzene rings is 1. The number of hydrogen-bond donors (Lipinski definition) is 3. The second-order valence-electron chi connectivity index (χ2n) is 8.91. The molecule has 3 N–H and O–H groups in total. The van der Waals surface area contributed by atoms with Crippen LogP contribution in [0.1, 0.15) is 62.2 Å². The highest BCUT2D eigenvalue weighted by Gasteiger charge is 2.54. The molecular weight excluding hydrogens is 370 g/mol. The van der Waals surface area contributed by atoms with Crippen LogP contribution in [0.25, 0.3) is 0 Å². The van der Waals surface area contributed by atoms with Gasteiger partial charge in [0.05, 0.1) is 16.7 Å². The molecule has 1 aromatic carbocycles. The fraction of sp³-hybridized carbons (Fsp3) is 0.591. The Morgan fingerprint density at radius 2 is 1.68 bits per heavy atom. The maximum atomic E-state index is 13.1. The molecule has 4 fully saturated rings. The van der Waals surface area contributed by atoms with E-state index in [-0.39, 0.29) is 22.3 Å². The second kappa shape index (κ2) is 7.82. The van der Waals surface area contributed by atoms with Crippen LogP contribution in [0.3, 0.4) is 0 Å². The summed E-state index contributed by atoms with van der Waals surface area (Å²) in [6.45, 7) is 2.64. The smallest absolute Gasteiger partial charge is 0.253 e. The first-order valence-corrected chi connectivity index (χ1v) is 10.9. The molecule has 4 aliphatic carbocycles. The van der Waals surface area contributed by atoms with E-state index < -0.39 is 0 Å². The van der Waals surface area contributed by atoms with Crippen molar-refractivity contribution < 1.29 is 9.59 Å². The molecule has 6 heteroatoms. The number of carbonyl (C=O) groups is 2. The minimum Gasteiger partial charge on any atom is -0.352 e. The minimum absolute atomic E-state index is 0.0667. The summed E-state index contributed by atoms with van der Waals surface area (Å²) in [5, 5.41) is 9.17. The van der Waals surface area contributed by atoms with E-state index in [1.165, 1.54) is 19.3 Å². The van der Waals surface area contributed by atoms with Gasteiger partial charge in [0.15, 0.2) is 5.11 Å². The highest BCUT2D eigenvalue weighted by atomic mass is 32.1. The van der Waals surface area contributed by atoms with Crippen LogP contribution in [0.4, 0.5) is 5.69 Å². The first-order valence-electron chi connectivity index (χ1n) is 10.5. The van der Waals surface area contributed by atoms with Gasteiger partial charge in [-0.25, -0.2) is 0 Å². The van der Waals surface area contributed by atoms with Gasteiger partial charge in [0, 0.05) is 6.54 Å². The van der Waals surface area contributed by atoms with Crippen molar-refractivity contribution in [2.45, 2.75) is 51.9 Å². The monoisotopic (exact) mass is 399 g/mol. The van der Waals surface area contributed by atoms with Crippen LogP contribution in [0.5, 0.6) is 0 Å². The number of rotatable bonds is 5. The third-order valence-electron chi connectivity index (χ3n) is 6.70. The molecule has 0 atom stereocenters. The third kappa shape index (κ3) is 3.79. The molecule has 28 heavy (non-hydrogen) atoms. The van der Waals surface area contributed by atoms with E-state index in [9.17, 15) is 9.59 Å². The molecule has 0 saturated heterocycles. The fourth-order valence-electron chi connectivity index (χ4n) is 5.90. The molecule has 1 aromatic rings. The van der Waals surface area contributed by atoms with Gasteiger partial charge in [-0.1, -0.05) is 19.1 Å². The molecule has 2 amide bonds. The molecule has 0 aromatic heterocycles. The van der Waals surface area contributed by atoms with E-state index in [1.54, 1.807) is 6.07 Å². The molecule has 0 heterocycles. The number of hydrogen-bond acceptors (Lipinski definition) is 3. The molecule has 5 rings (SSSR count). The van der Waals surface area contributed by atoms with Gasteiger partial charge < -0.3 is 16.0 Å². The normalized spacial score (nSPS) is 30.0. The number of nitrogens with one attached hydrogen (secondary N) is 3. The van der Waals surface area contributed by atoms with Gasteiger partial charge in [-0.15, -0.1) is 0 Å². The van der Waals surface area contributed by atoms with Crippen molar-refractivity contribution in [2.75, 3.05) is 11.9 Å². The molecule has 150 valence electrons. The third-order valence-corrected chi connectivity index (χ3v) is 6.91. The summed E-state index contributed by atoms with van der Waals surface area (Å²) in [6.07, 6.45) is 7.79. The number of carbonyl (C=O) groups excluding carboxylic acids is 2. The van der Waals surface area contributed by atoms with Crippen LogP contribution >= 0.6 is 12.2 Å². The predicted octanol–water partition coefficient (Wildman–Crippen LogP) is 3.86. The summed E-state index contributed by atoms with van der Waals surface area (Å²) in [5.41, 5.74) is 0.910. The van der Waals surface area contributed by atoms with Crippen LogP contribution in [-0.4, -0.2) is 23.5 Å². The predicted molar refractivity (Wildman–Crippen MR) is 114 cm³/mol. The van der Waals surface area contributed by atoms with E-state index >= 15 is 0 Å². The van der Waals surface area contributed by atoms with E-state index in [1.807, 2.05) is 25.1 Å². The molecule has 0 aliphatic heterocycles. The Morgan fingerprint density at radius 3 is 2.29 bits per heavy atom. The quantitative estimate of drug-likeness (QED) is 0.658. The van der Waals surface area contributed by atoms with Crippen LogP contribution in [0.2, 0.25) is 0 Å². The SMILES string of the molecule is CCCNC(=O)c1ccccc1NC(=S)NC(=O)C12CC3CC(CC(C3)C1)C2. The summed E-state index contributed by atoms with van der Waals surface area (Å²) in [7, 11) is 0. The van der Waals surface area contributed by atoms with Crippen LogP contribution in [0.15, 0.2) is 24.3 Å². The van der Waals surface area contributed by atoms with Crippen molar-refractivity contribution in [3.8, 4) is 0 Å². The van der Waals surface area contributed by atoms with E-state index in [0.717, 1.165) is 25.7 Å². The summed E-state index contributed by atoms with van der Waals surface area (Å²) >= 11 is 5.43. The number of thiocarbonyl (C=S) groups is 1. The first-order chi connectivity index (χ1) is 13.5. The maximum absolute atomic E-state index is 13.1. The lowest BCUT2D eigenvalue weighted by atomic mass is 9.49. The Labute approximate surface area is 172 Å². The lowest BCUT2D eigenvalue weighted by molar-refractivity contribution is -0.144. The van der Waals surface area contributed by atoms with Gasteiger partial charge >= 0.3 is 0 Å². The van der Waals surface area contributed by atoms with Gasteiger partial charge in [-0.05, 0) is 87.1 Å². The zero-order chi connectivity index (χ0) is 19.7. The Morgan fingerprint density at radius 1 is 1.07 bits per heavy atom. The van der Waals surface area contributed by atoms with E-state index in [4.69, 9.17) is 12.2 Å². The summed E-state index contributed by atoms with van der Waals surface area (Å²) in [5.74, 6) is 2.06. The van der Waals surface area contributed by atoms with Gasteiger partial charge in [0.2, 0.25) is 5.91 Å². The van der Waals surface area contributed by atoms with Crippen LogP contribution in [0, 0.1) is 23.2 Å². The van der Waals surface area contributed by atoms with Crippen LogP contribution in [-0.2, 0) is 4.79 Å². The maximum Gasteiger partial charge on any atom is 0.253 e. The lowest BCUT2D eigenvalue weighted by Gasteiger charge is -2.55. The first kappa shape index (κ1) is 19.4. The summed E-state index contributed by atoms with van der Waals surface area (Å²) in [4.78, 5) is 25.5. The molecule has 4 saturated carbocycles. The van der Waals surface area contributed by atoms with Gasteiger partial charge in [0.25, 0.3) is 5.91 Å². The van der Waals surface area contributed by atoms with Gasteiger partial charge in [-0.2, -0.15) is 0 Å². The van der Waals surface area contributed by atoms with E-state index in [0.29, 0.717) is 35.5 Å². The Hall–Kier alpha value is -1.95. The number of para-hydroxylation sites is 1. The van der Waals surface area contributed by atoms with Gasteiger partial charge in [-0.3, -0.25) is 9.59 Å². The highest BCUT2D eigenvalue weighted by molar-refractivity contribution is 7.80. The average Bonchev–Trinajstić information content (AvgIpc) is 2.65. The topological polar surface area (TPSA) is 70.2 Å². The molecular formula is C22H29N3O2S. The standard InChI is InChI=1S/C22H29N3O2S/c1-2-7-23-19(26)17-5-3-4-6-18(17)24-21(28)25-20(27)22-11-14-8-15(12-22)10-16(9-14)13-22/h3-6,14-16H,2,7-13H2,1H3,(H,23,26)(H2,24,25,27,28). The van der Waals surface area contributed by atoms with Crippen molar-refractivity contribution in [3.05, 3.63) is 29.8 Å². The van der Waals surface area contributed by atoms with Gasteiger partial charge in [0.1, 0.15) is 0 Å². The number of amides is 2. The average molecular weight is 400 g/mol. The van der Waals surface area contributed by atoms with Crippen molar-refractivity contribution in [2.24, 2.45) is 23.2 Å². The van der Waals surface area contributed by atoms with Crippen LogP contribution < -0.4 is 16.0 Å². The highest BCUT2D eigenvalue weighted by Crippen LogP contribution is 2.60. The summed E-state index contributed by atoms with van der Waals surface area (Å²) in [6, 6.07) is 7.24. The lowest BCUT2D eigenvalue weighted by Crippen LogP contribution is -2.55. The fourth-order valence-corrected chi connectivity index (χ4v) is 6.10. The largest absolute Gasteiger partial charge is 0.352 e. The second-order valence-corrected chi connectivity index (χ2v) is 9.32. The van der Waals surface area contributed by atoms with Crippen molar-refractivity contribution >= 4 is 34.8 Å². The molecule has 4 bridgehead atoms. The summed E-state index contributed by atoms with van der Waals surface area (Å²) < 4.78 is 0. The minimum atomic E-state index is -0.238. The molecule has 5 nitrogen and oxygen atoms in total. The molecule has 0 unspecified atom stereocenters. The van der Waals surface area contributed by atoms with Crippen molar-refractivity contribution in [3.63, 3.8) is 0 Å². The van der Waals surface area contributed by atoms with Crippen molar-refractivity contribution in [1.82, 2.24) is 10.6 Å². The van der Waals surface area contributed by atoms with Crippen molar-refractivity contribution in [1.29, 1.82) is 0 Å². The Balaban J connectivity index is 1.41.